The summed E-state index contributed by atoms with van der Waals surface area (Å²) in [6, 6.07) is 5.16. The molecule has 4 nitrogen and oxygen atoms in total. The molecule has 0 amide bonds. The normalized spacial score (nSPS) is 8.80. The molecule has 0 N–H and O–H groups in total. The molecular formula is C5H5N2O2S+. The predicted octanol–water partition coefficient (Wildman–Crippen LogP) is -0.200. The highest BCUT2D eigenvalue weighted by Gasteiger charge is 1.90. The molecule has 0 aromatic carbocycles. The molecule has 5 heteroatoms. The smallest absolute Gasteiger partial charge is 0.158 e. The van der Waals surface area contributed by atoms with Gasteiger partial charge in [0.15, 0.2) is 0 Å². The van der Waals surface area contributed by atoms with Gasteiger partial charge < -0.3 is 0 Å². The second-order valence-corrected chi connectivity index (χ2v) is 2.15. The first-order valence-electron chi connectivity index (χ1n) is 2.57. The van der Waals surface area contributed by atoms with E-state index in [2.05, 4.69) is 4.47 Å². The Hall–Kier alpha value is -1.23. The van der Waals surface area contributed by atoms with Crippen LogP contribution in [-0.4, -0.2) is 8.42 Å². The Balaban J connectivity index is 3.10. The summed E-state index contributed by atoms with van der Waals surface area (Å²) in [5.41, 5.74) is 0. The lowest BCUT2D eigenvalue weighted by molar-refractivity contribution is -0.676. The quantitative estimate of drug-likeness (QED) is 0.530. The van der Waals surface area contributed by atoms with Crippen LogP contribution < -0.4 is 4.68 Å². The second-order valence-electron chi connectivity index (χ2n) is 1.55. The van der Waals surface area contributed by atoms with E-state index >= 15 is 0 Å². The molecule has 0 atom stereocenters. The molecule has 0 unspecified atom stereocenters. The second kappa shape index (κ2) is 3.07. The van der Waals surface area contributed by atoms with Crippen LogP contribution in [0.4, 0.5) is 0 Å². The van der Waals surface area contributed by atoms with Crippen molar-refractivity contribution in [3.05, 3.63) is 30.6 Å². The van der Waals surface area contributed by atoms with Crippen LogP contribution in [0.25, 0.3) is 0 Å². The van der Waals surface area contributed by atoms with E-state index in [4.69, 9.17) is 0 Å². The zero-order valence-corrected chi connectivity index (χ0v) is 5.82. The largest absolute Gasteiger partial charge is 0.373 e. The fourth-order valence-electron chi connectivity index (χ4n) is 0.521. The molecule has 1 aromatic rings. The van der Waals surface area contributed by atoms with Crippen LogP contribution in [0, 0.1) is 0 Å². The monoisotopic (exact) mass is 157 g/mol. The average molecular weight is 157 g/mol. The topological polar surface area (TPSA) is 50.4 Å². The third kappa shape index (κ3) is 1.94. The first-order valence-corrected chi connectivity index (χ1v) is 3.60. The number of pyridine rings is 1. The van der Waals surface area contributed by atoms with Gasteiger partial charge in [0.05, 0.1) is 0 Å². The van der Waals surface area contributed by atoms with Crippen molar-refractivity contribution in [1.29, 1.82) is 0 Å². The third-order valence-corrected chi connectivity index (χ3v) is 1.18. The fraction of sp³-hybridized carbons (Fsp3) is 0. The number of rotatable bonds is 1. The molecule has 0 bridgehead atoms. The highest BCUT2D eigenvalue weighted by Crippen LogP contribution is 1.74. The third-order valence-electron chi connectivity index (χ3n) is 0.861. The Morgan fingerprint density at radius 2 is 1.70 bits per heavy atom. The Morgan fingerprint density at radius 3 is 2.20 bits per heavy atom. The molecular weight excluding hydrogens is 152 g/mol. The van der Waals surface area contributed by atoms with E-state index in [9.17, 15) is 8.42 Å². The van der Waals surface area contributed by atoms with Crippen molar-refractivity contribution in [3.8, 4) is 0 Å². The molecule has 0 aliphatic carbocycles. The van der Waals surface area contributed by atoms with Crippen LogP contribution in [0.1, 0.15) is 0 Å². The van der Waals surface area contributed by atoms with Gasteiger partial charge >= 0.3 is 10.5 Å². The van der Waals surface area contributed by atoms with Gasteiger partial charge in [-0.15, -0.1) is 0 Å². The van der Waals surface area contributed by atoms with E-state index in [1.165, 1.54) is 17.1 Å². The molecule has 0 aliphatic rings. The van der Waals surface area contributed by atoms with Gasteiger partial charge in [-0.25, -0.2) is 0 Å². The molecule has 0 radical (unpaired) electrons. The standard InChI is InChI=1S/C5H5N2O2S/c8-10(9)6-7-4-2-1-3-5-7/h1-5H/q+1. The molecule has 0 saturated carbocycles. The molecule has 10 heavy (non-hydrogen) atoms. The van der Waals surface area contributed by atoms with Crippen molar-refractivity contribution >= 4 is 10.5 Å². The van der Waals surface area contributed by atoms with Gasteiger partial charge in [-0.2, -0.15) is 8.42 Å². The summed E-state index contributed by atoms with van der Waals surface area (Å²) in [6.07, 6.45) is 3.08. The van der Waals surface area contributed by atoms with Crippen molar-refractivity contribution in [1.82, 2.24) is 0 Å². The summed E-state index contributed by atoms with van der Waals surface area (Å²) in [7, 11) is -2.38. The van der Waals surface area contributed by atoms with Crippen LogP contribution >= 0.6 is 0 Å². The first-order chi connectivity index (χ1) is 4.79. The Kier molecular flexibility index (Phi) is 2.11. The van der Waals surface area contributed by atoms with Gasteiger partial charge in [0, 0.05) is 12.1 Å². The van der Waals surface area contributed by atoms with Gasteiger partial charge in [-0.05, 0) is 4.68 Å². The van der Waals surface area contributed by atoms with Crippen LogP contribution in [0.15, 0.2) is 35.1 Å². The van der Waals surface area contributed by atoms with Crippen LogP contribution in [-0.2, 0) is 10.5 Å². The highest BCUT2D eigenvalue weighted by atomic mass is 32.2. The minimum absolute atomic E-state index is 1.21. The zero-order chi connectivity index (χ0) is 7.40. The molecule has 0 fully saturated rings. The first kappa shape index (κ1) is 6.88. The van der Waals surface area contributed by atoms with E-state index in [1.807, 2.05) is 0 Å². The summed E-state index contributed by atoms with van der Waals surface area (Å²) in [5.74, 6) is 0. The van der Waals surface area contributed by atoms with Gasteiger partial charge in [-0.3, -0.25) is 0 Å². The maximum Gasteiger partial charge on any atom is 0.373 e. The van der Waals surface area contributed by atoms with Crippen molar-refractivity contribution in [2.75, 3.05) is 0 Å². The molecule has 0 aliphatic heterocycles. The van der Waals surface area contributed by atoms with Crippen molar-refractivity contribution in [3.63, 3.8) is 0 Å². The van der Waals surface area contributed by atoms with Crippen molar-refractivity contribution in [2.45, 2.75) is 0 Å². The number of hydrogen-bond acceptors (Lipinski definition) is 3. The molecule has 1 aromatic heterocycles. The van der Waals surface area contributed by atoms with E-state index in [-0.39, 0.29) is 0 Å². The summed E-state index contributed by atoms with van der Waals surface area (Å²) < 4.78 is 24.4. The summed E-state index contributed by atoms with van der Waals surface area (Å²) >= 11 is 0. The molecule has 52 valence electrons. The van der Waals surface area contributed by atoms with Gasteiger partial charge in [-0.1, -0.05) is 6.07 Å². The van der Waals surface area contributed by atoms with Gasteiger partial charge in [0.25, 0.3) is 0 Å². The molecule has 0 saturated heterocycles. The minimum Gasteiger partial charge on any atom is -0.158 e. The van der Waals surface area contributed by atoms with Crippen LogP contribution in [0.2, 0.25) is 0 Å². The SMILES string of the molecule is O=S(=O)=N[n+]1ccccc1. The highest BCUT2D eigenvalue weighted by molar-refractivity contribution is 7.61. The number of nitrogens with zero attached hydrogens (tertiary/aromatic N) is 2. The average Bonchev–Trinajstić information content (AvgIpc) is 1.88. The number of hydrogen-bond donors (Lipinski definition) is 0. The summed E-state index contributed by atoms with van der Waals surface area (Å²) in [6.45, 7) is 0. The molecule has 1 rings (SSSR count). The lowest BCUT2D eigenvalue weighted by atomic mass is 10.5. The zero-order valence-electron chi connectivity index (χ0n) is 5.01. The maximum absolute atomic E-state index is 9.98. The maximum atomic E-state index is 9.98. The lowest BCUT2D eigenvalue weighted by Gasteiger charge is -1.75. The summed E-state index contributed by atoms with van der Waals surface area (Å²) in [4.78, 5) is 0. The predicted molar refractivity (Wildman–Crippen MR) is 33.4 cm³/mol. The Bertz CT molecular complexity index is 322. The van der Waals surface area contributed by atoms with E-state index < -0.39 is 10.5 Å². The van der Waals surface area contributed by atoms with Crippen LogP contribution in [0.5, 0.6) is 0 Å². The van der Waals surface area contributed by atoms with E-state index in [0.717, 1.165) is 0 Å². The fourth-order valence-corrected chi connectivity index (χ4v) is 0.784. The van der Waals surface area contributed by atoms with Gasteiger partial charge in [0.1, 0.15) is 4.47 Å². The Morgan fingerprint density at radius 1 is 1.10 bits per heavy atom. The minimum atomic E-state index is -2.38. The van der Waals surface area contributed by atoms with Crippen LogP contribution in [0.3, 0.4) is 0 Å². The van der Waals surface area contributed by atoms with Crippen molar-refractivity contribution in [2.24, 2.45) is 4.47 Å². The number of aromatic nitrogens is 1. The van der Waals surface area contributed by atoms with Gasteiger partial charge in [0.2, 0.25) is 12.4 Å². The molecule has 1 heterocycles. The van der Waals surface area contributed by atoms with Crippen molar-refractivity contribution < 1.29 is 13.1 Å². The Labute approximate surface area is 59.4 Å². The lowest BCUT2D eigenvalue weighted by Crippen LogP contribution is -2.24. The van der Waals surface area contributed by atoms with E-state index in [0.29, 0.717) is 0 Å². The molecule has 0 spiro atoms. The van der Waals surface area contributed by atoms with E-state index in [1.54, 1.807) is 18.2 Å². The summed E-state index contributed by atoms with van der Waals surface area (Å²) in [5, 5.41) is 0.